The number of carbonyl (C=O) groups is 1. The molecule has 1 saturated heterocycles. The van der Waals surface area contributed by atoms with E-state index in [4.69, 9.17) is 0 Å². The summed E-state index contributed by atoms with van der Waals surface area (Å²) in [5.41, 5.74) is -2.80. The minimum absolute atomic E-state index is 0.0144. The van der Waals surface area contributed by atoms with Gasteiger partial charge in [0.2, 0.25) is 0 Å². The normalized spacial score (nSPS) is 17.6. The van der Waals surface area contributed by atoms with E-state index in [-0.39, 0.29) is 25.2 Å². The minimum atomic E-state index is -4.99. The molecule has 1 amide bonds. The van der Waals surface area contributed by atoms with Crippen LogP contribution in [0, 0.1) is 0 Å². The van der Waals surface area contributed by atoms with E-state index in [1.54, 1.807) is 0 Å². The number of para-hydroxylation sites is 1. The summed E-state index contributed by atoms with van der Waals surface area (Å²) in [6, 6.07) is 9.94. The summed E-state index contributed by atoms with van der Waals surface area (Å²) in [5.74, 6) is -0.853. The fourth-order valence-electron chi connectivity index (χ4n) is 3.09. The highest BCUT2D eigenvalue weighted by Crippen LogP contribution is 2.36. The summed E-state index contributed by atoms with van der Waals surface area (Å²) < 4.78 is 77.9. The van der Waals surface area contributed by atoms with Gasteiger partial charge in [-0.2, -0.15) is 26.3 Å². The number of benzene rings is 2. The van der Waals surface area contributed by atoms with Gasteiger partial charge >= 0.3 is 12.4 Å². The van der Waals surface area contributed by atoms with Crippen LogP contribution in [0.15, 0.2) is 48.5 Å². The highest BCUT2D eigenvalue weighted by atomic mass is 19.4. The van der Waals surface area contributed by atoms with Crippen LogP contribution in [-0.4, -0.2) is 29.9 Å². The molecule has 1 aliphatic rings. The zero-order valence-electron chi connectivity index (χ0n) is 14.4. The van der Waals surface area contributed by atoms with Gasteiger partial charge in [-0.3, -0.25) is 4.79 Å². The number of amides is 1. The van der Waals surface area contributed by atoms with Gasteiger partial charge in [0.25, 0.3) is 5.91 Å². The monoisotopic (exact) mass is 402 g/mol. The molecule has 150 valence electrons. The molecule has 0 radical (unpaired) electrons. The Labute approximate surface area is 157 Å². The second-order valence-corrected chi connectivity index (χ2v) is 6.54. The Morgan fingerprint density at radius 2 is 1.50 bits per heavy atom. The second-order valence-electron chi connectivity index (χ2n) is 6.54. The molecule has 1 fully saturated rings. The third-order valence-electron chi connectivity index (χ3n) is 4.45. The van der Waals surface area contributed by atoms with E-state index in [2.05, 4.69) is 5.32 Å². The lowest BCUT2D eigenvalue weighted by Crippen LogP contribution is -2.32. The van der Waals surface area contributed by atoms with E-state index >= 15 is 0 Å². The molecule has 3 rings (SSSR count). The quantitative estimate of drug-likeness (QED) is 0.729. The van der Waals surface area contributed by atoms with Crippen LogP contribution in [0.25, 0.3) is 0 Å². The van der Waals surface area contributed by atoms with E-state index < -0.39 is 35.0 Å². The van der Waals surface area contributed by atoms with Crippen molar-refractivity contribution < 1.29 is 31.1 Å². The van der Waals surface area contributed by atoms with Crippen LogP contribution in [0.5, 0.6) is 0 Å². The van der Waals surface area contributed by atoms with Crippen molar-refractivity contribution in [3.63, 3.8) is 0 Å². The Morgan fingerprint density at radius 1 is 0.929 bits per heavy atom. The van der Waals surface area contributed by atoms with Gasteiger partial charge < -0.3 is 10.2 Å². The summed E-state index contributed by atoms with van der Waals surface area (Å²) in [4.78, 5) is 13.8. The fraction of sp³-hybridized carbons (Fsp3) is 0.316. The van der Waals surface area contributed by atoms with Crippen molar-refractivity contribution >= 4 is 11.6 Å². The van der Waals surface area contributed by atoms with Crippen LogP contribution in [0.1, 0.15) is 27.9 Å². The van der Waals surface area contributed by atoms with Gasteiger partial charge in [0.15, 0.2) is 0 Å². The predicted molar refractivity (Wildman–Crippen MR) is 90.8 cm³/mol. The van der Waals surface area contributed by atoms with E-state index in [1.165, 1.54) is 4.90 Å². The molecule has 1 N–H and O–H groups in total. The third-order valence-corrected chi connectivity index (χ3v) is 4.45. The summed E-state index contributed by atoms with van der Waals surface area (Å²) >= 11 is 0. The van der Waals surface area contributed by atoms with E-state index in [9.17, 15) is 31.1 Å². The van der Waals surface area contributed by atoms with Gasteiger partial charge in [-0.25, -0.2) is 0 Å². The van der Waals surface area contributed by atoms with Crippen LogP contribution >= 0.6 is 0 Å². The van der Waals surface area contributed by atoms with Gasteiger partial charge in [-0.15, -0.1) is 0 Å². The third kappa shape index (κ3) is 4.58. The van der Waals surface area contributed by atoms with E-state index in [0.717, 1.165) is 5.69 Å². The Kier molecular flexibility index (Phi) is 5.27. The number of rotatable bonds is 3. The number of hydrogen-bond acceptors (Lipinski definition) is 2. The number of carbonyl (C=O) groups excluding carboxylic acids is 1. The maximum atomic E-state index is 13.0. The lowest BCUT2D eigenvalue weighted by atomic mass is 10.0. The van der Waals surface area contributed by atoms with Crippen LogP contribution in [-0.2, 0) is 12.4 Å². The standard InChI is InChI=1S/C19H16F6N2O/c20-18(21,22)13-8-12(9-14(10-13)19(23,24)25)17(28)27-7-6-16(11-27)26-15-4-2-1-3-5-15/h1-5,8-10,16,26H,6-7,11H2. The summed E-state index contributed by atoms with van der Waals surface area (Å²) in [6.45, 7) is 0.423. The Balaban J connectivity index is 1.80. The molecule has 3 nitrogen and oxygen atoms in total. The van der Waals surface area contributed by atoms with Gasteiger partial charge in [-0.05, 0) is 36.8 Å². The molecule has 2 aromatic rings. The number of anilines is 1. The molecule has 1 heterocycles. The number of alkyl halides is 6. The Bertz CT molecular complexity index is 815. The van der Waals surface area contributed by atoms with Crippen molar-refractivity contribution in [3.8, 4) is 0 Å². The van der Waals surface area contributed by atoms with E-state index in [0.29, 0.717) is 18.6 Å². The first-order valence-electron chi connectivity index (χ1n) is 8.44. The number of likely N-dealkylation sites (tertiary alicyclic amines) is 1. The highest BCUT2D eigenvalue weighted by molar-refractivity contribution is 5.95. The average Bonchev–Trinajstić information content (AvgIpc) is 3.08. The zero-order chi connectivity index (χ0) is 20.5. The molecular weight excluding hydrogens is 386 g/mol. The van der Waals surface area contributed by atoms with Crippen molar-refractivity contribution in [1.29, 1.82) is 0 Å². The first-order valence-corrected chi connectivity index (χ1v) is 8.44. The smallest absolute Gasteiger partial charge is 0.380 e. The van der Waals surface area contributed by atoms with Crippen molar-refractivity contribution in [2.75, 3.05) is 18.4 Å². The van der Waals surface area contributed by atoms with Gasteiger partial charge in [0.1, 0.15) is 0 Å². The van der Waals surface area contributed by atoms with Crippen molar-refractivity contribution in [2.45, 2.75) is 24.8 Å². The van der Waals surface area contributed by atoms with Gasteiger partial charge in [-0.1, -0.05) is 18.2 Å². The van der Waals surface area contributed by atoms with Crippen molar-refractivity contribution in [2.24, 2.45) is 0 Å². The molecule has 0 aliphatic carbocycles. The molecule has 2 aromatic carbocycles. The molecule has 0 aromatic heterocycles. The number of nitrogens with zero attached hydrogens (tertiary/aromatic N) is 1. The average molecular weight is 402 g/mol. The molecular formula is C19H16F6N2O. The molecule has 0 spiro atoms. The summed E-state index contributed by atoms with van der Waals surface area (Å²) in [7, 11) is 0. The maximum Gasteiger partial charge on any atom is 0.416 e. The number of hydrogen-bond donors (Lipinski definition) is 1. The van der Waals surface area contributed by atoms with Gasteiger partial charge in [0.05, 0.1) is 11.1 Å². The van der Waals surface area contributed by atoms with E-state index in [1.807, 2.05) is 30.3 Å². The first kappa shape index (κ1) is 20.0. The molecule has 9 heteroatoms. The maximum absolute atomic E-state index is 13.0. The fourth-order valence-corrected chi connectivity index (χ4v) is 3.09. The van der Waals surface area contributed by atoms with Crippen LogP contribution < -0.4 is 5.32 Å². The number of nitrogens with one attached hydrogen (secondary N) is 1. The van der Waals surface area contributed by atoms with Crippen LogP contribution in [0.4, 0.5) is 32.0 Å². The molecule has 28 heavy (non-hydrogen) atoms. The van der Waals surface area contributed by atoms with Gasteiger partial charge in [0, 0.05) is 30.4 Å². The van der Waals surface area contributed by atoms with Crippen LogP contribution in [0.2, 0.25) is 0 Å². The molecule has 1 aliphatic heterocycles. The van der Waals surface area contributed by atoms with Crippen molar-refractivity contribution in [3.05, 3.63) is 65.2 Å². The molecule has 0 saturated carbocycles. The number of halogens is 6. The summed E-state index contributed by atoms with van der Waals surface area (Å²) in [5, 5.41) is 3.19. The lowest BCUT2D eigenvalue weighted by Gasteiger charge is -2.20. The predicted octanol–water partition coefficient (Wildman–Crippen LogP) is 5.05. The zero-order valence-corrected chi connectivity index (χ0v) is 14.4. The molecule has 1 atom stereocenters. The summed E-state index contributed by atoms with van der Waals surface area (Å²) in [6.07, 6.45) is -9.44. The highest BCUT2D eigenvalue weighted by Gasteiger charge is 2.38. The lowest BCUT2D eigenvalue weighted by molar-refractivity contribution is -0.143. The SMILES string of the molecule is O=C(c1cc(C(F)(F)F)cc(C(F)(F)F)c1)N1CCC(Nc2ccccc2)C1. The topological polar surface area (TPSA) is 32.3 Å². The van der Waals surface area contributed by atoms with Crippen LogP contribution in [0.3, 0.4) is 0 Å². The Morgan fingerprint density at radius 3 is 2.04 bits per heavy atom. The second kappa shape index (κ2) is 7.37. The first-order chi connectivity index (χ1) is 13.0. The molecule has 1 unspecified atom stereocenters. The minimum Gasteiger partial charge on any atom is -0.380 e. The van der Waals surface area contributed by atoms with Crippen molar-refractivity contribution in [1.82, 2.24) is 4.90 Å². The Hall–Kier alpha value is -2.71. The largest absolute Gasteiger partial charge is 0.416 e. The molecule has 0 bridgehead atoms.